The number of hydrogen-bond acceptors (Lipinski definition) is 2. The topological polar surface area (TPSA) is 52.3 Å². The first-order chi connectivity index (χ1) is 6.75. The van der Waals surface area contributed by atoms with E-state index in [1.807, 2.05) is 30.3 Å². The van der Waals surface area contributed by atoms with Gasteiger partial charge in [0, 0.05) is 0 Å². The zero-order chi connectivity index (χ0) is 9.97. The second-order valence-corrected chi connectivity index (χ2v) is 3.54. The first-order valence-corrected chi connectivity index (χ1v) is 5.23. The highest BCUT2D eigenvalue weighted by molar-refractivity contribution is 7.78. The first kappa shape index (κ1) is 9.18. The summed E-state index contributed by atoms with van der Waals surface area (Å²) in [6, 6.07) is 13.3. The number of benzene rings is 2. The van der Waals surface area contributed by atoms with Crippen LogP contribution in [0.5, 0.6) is 5.75 Å². The molecule has 3 nitrogen and oxygen atoms in total. The molecule has 2 N–H and O–H groups in total. The molecule has 0 radical (unpaired) electrons. The number of hydrogen-bond donors (Lipinski definition) is 1. The van der Waals surface area contributed by atoms with E-state index in [1.54, 1.807) is 12.1 Å². The Balaban J connectivity index is 2.46. The van der Waals surface area contributed by atoms with Crippen molar-refractivity contribution in [2.45, 2.75) is 0 Å². The molecule has 4 heteroatoms. The Kier molecular flexibility index (Phi) is 2.47. The Morgan fingerprint density at radius 1 is 1.07 bits per heavy atom. The van der Waals surface area contributed by atoms with Gasteiger partial charge in [-0.1, -0.05) is 30.3 Å². The minimum Gasteiger partial charge on any atom is -0.389 e. The summed E-state index contributed by atoms with van der Waals surface area (Å²) in [6.07, 6.45) is 0. The van der Waals surface area contributed by atoms with Crippen LogP contribution in [0, 0.1) is 0 Å². The molecule has 0 saturated carbocycles. The van der Waals surface area contributed by atoms with Gasteiger partial charge in [-0.2, -0.15) is 4.21 Å². The quantitative estimate of drug-likeness (QED) is 0.815. The van der Waals surface area contributed by atoms with Gasteiger partial charge in [0.25, 0.3) is 11.3 Å². The second kappa shape index (κ2) is 3.77. The van der Waals surface area contributed by atoms with Crippen molar-refractivity contribution in [3.63, 3.8) is 0 Å². The molecule has 0 bridgehead atoms. The summed E-state index contributed by atoms with van der Waals surface area (Å²) in [5.41, 5.74) is 0. The Morgan fingerprint density at radius 2 is 1.79 bits per heavy atom. The molecule has 1 atom stereocenters. The van der Waals surface area contributed by atoms with E-state index in [9.17, 15) is 4.21 Å². The third kappa shape index (κ3) is 1.92. The molecule has 0 aliphatic heterocycles. The highest BCUT2D eigenvalue weighted by Gasteiger charge is 1.98. The fourth-order valence-electron chi connectivity index (χ4n) is 1.31. The Hall–Kier alpha value is -1.39. The van der Waals surface area contributed by atoms with Gasteiger partial charge in [-0.25, -0.2) is 5.14 Å². The van der Waals surface area contributed by atoms with Crippen LogP contribution in [0.15, 0.2) is 42.5 Å². The second-order valence-electron chi connectivity index (χ2n) is 2.85. The minimum absolute atomic E-state index is 0.518. The van der Waals surface area contributed by atoms with Crippen molar-refractivity contribution >= 4 is 22.0 Å². The average Bonchev–Trinajstić information content (AvgIpc) is 2.17. The van der Waals surface area contributed by atoms with E-state index in [4.69, 9.17) is 9.32 Å². The van der Waals surface area contributed by atoms with Gasteiger partial charge in [-0.05, 0) is 22.9 Å². The lowest BCUT2D eigenvalue weighted by molar-refractivity contribution is 0.564. The van der Waals surface area contributed by atoms with Gasteiger partial charge in [0.2, 0.25) is 0 Å². The number of fused-ring (bicyclic) bond motifs is 1. The van der Waals surface area contributed by atoms with Crippen LogP contribution in [-0.4, -0.2) is 4.21 Å². The van der Waals surface area contributed by atoms with Crippen molar-refractivity contribution in [3.8, 4) is 5.75 Å². The summed E-state index contributed by atoms with van der Waals surface area (Å²) in [6.45, 7) is 0. The average molecular weight is 207 g/mol. The van der Waals surface area contributed by atoms with Crippen LogP contribution in [0.4, 0.5) is 0 Å². The first-order valence-electron chi connectivity index (χ1n) is 4.09. The normalized spacial score (nSPS) is 12.6. The van der Waals surface area contributed by atoms with Crippen LogP contribution in [0.1, 0.15) is 0 Å². The number of nitrogens with two attached hydrogens (primary N) is 1. The molecular formula is C10H9NO2S. The Morgan fingerprint density at radius 3 is 2.50 bits per heavy atom. The highest BCUT2D eigenvalue weighted by atomic mass is 32.2. The molecule has 14 heavy (non-hydrogen) atoms. The third-order valence-electron chi connectivity index (χ3n) is 1.90. The van der Waals surface area contributed by atoms with Crippen molar-refractivity contribution in [1.82, 2.24) is 0 Å². The van der Waals surface area contributed by atoms with Gasteiger partial charge >= 0.3 is 0 Å². The predicted octanol–water partition coefficient (Wildman–Crippen LogP) is 1.76. The molecule has 0 heterocycles. The third-order valence-corrected chi connectivity index (χ3v) is 2.26. The molecule has 1 unspecified atom stereocenters. The van der Waals surface area contributed by atoms with E-state index in [1.165, 1.54) is 0 Å². The summed E-state index contributed by atoms with van der Waals surface area (Å²) in [7, 11) is 0. The standard InChI is InChI=1S/C10H9NO2S/c11-14(12)13-10-6-5-8-3-1-2-4-9(8)7-10/h1-7H,11H2. The minimum atomic E-state index is -1.76. The SMILES string of the molecule is NS(=O)Oc1ccc2ccccc2c1. The van der Waals surface area contributed by atoms with Gasteiger partial charge in [-0.3, -0.25) is 0 Å². The largest absolute Gasteiger partial charge is 0.389 e. The van der Waals surface area contributed by atoms with Gasteiger partial charge < -0.3 is 4.18 Å². The molecule has 0 fully saturated rings. The van der Waals surface area contributed by atoms with Crippen LogP contribution >= 0.6 is 0 Å². The van der Waals surface area contributed by atoms with Crippen molar-refractivity contribution in [3.05, 3.63) is 42.5 Å². The molecule has 0 aromatic heterocycles. The van der Waals surface area contributed by atoms with Gasteiger partial charge in [0.15, 0.2) is 0 Å². The van der Waals surface area contributed by atoms with Gasteiger partial charge in [0.05, 0.1) is 0 Å². The van der Waals surface area contributed by atoms with Crippen LogP contribution in [0.3, 0.4) is 0 Å². The molecule has 0 saturated heterocycles. The Labute approximate surface area is 84.3 Å². The number of rotatable bonds is 2. The zero-order valence-corrected chi connectivity index (χ0v) is 8.16. The summed E-state index contributed by atoms with van der Waals surface area (Å²) in [4.78, 5) is 0. The van der Waals surface area contributed by atoms with E-state index in [0.29, 0.717) is 5.75 Å². The van der Waals surface area contributed by atoms with Crippen LogP contribution in [0.2, 0.25) is 0 Å². The lowest BCUT2D eigenvalue weighted by Gasteiger charge is -2.02. The fraction of sp³-hybridized carbons (Fsp3) is 0. The summed E-state index contributed by atoms with van der Waals surface area (Å²) in [5.74, 6) is 0.518. The smallest absolute Gasteiger partial charge is 0.285 e. The molecule has 0 spiro atoms. The molecule has 0 aliphatic rings. The van der Waals surface area contributed by atoms with Gasteiger partial charge in [-0.15, -0.1) is 0 Å². The van der Waals surface area contributed by atoms with Gasteiger partial charge in [0.1, 0.15) is 5.75 Å². The maximum absolute atomic E-state index is 10.6. The van der Waals surface area contributed by atoms with E-state index < -0.39 is 11.3 Å². The van der Waals surface area contributed by atoms with E-state index in [-0.39, 0.29) is 0 Å². The Bertz CT molecular complexity index is 484. The van der Waals surface area contributed by atoms with Crippen molar-refractivity contribution in [1.29, 1.82) is 0 Å². The van der Waals surface area contributed by atoms with E-state index in [0.717, 1.165) is 10.8 Å². The molecule has 72 valence electrons. The molecule has 0 aliphatic carbocycles. The fourth-order valence-corrected chi connectivity index (χ4v) is 1.61. The van der Waals surface area contributed by atoms with Crippen molar-refractivity contribution in [2.75, 3.05) is 0 Å². The van der Waals surface area contributed by atoms with Crippen LogP contribution in [-0.2, 0) is 11.3 Å². The lowest BCUT2D eigenvalue weighted by atomic mass is 10.1. The maximum atomic E-state index is 10.6. The molecule has 2 rings (SSSR count). The summed E-state index contributed by atoms with van der Waals surface area (Å²) >= 11 is -1.76. The molecular weight excluding hydrogens is 198 g/mol. The lowest BCUT2D eigenvalue weighted by Crippen LogP contribution is -2.09. The molecule has 0 amide bonds. The monoisotopic (exact) mass is 207 g/mol. The highest BCUT2D eigenvalue weighted by Crippen LogP contribution is 2.20. The molecule has 2 aromatic rings. The van der Waals surface area contributed by atoms with E-state index >= 15 is 0 Å². The molecule has 2 aromatic carbocycles. The van der Waals surface area contributed by atoms with Crippen LogP contribution < -0.4 is 9.32 Å². The maximum Gasteiger partial charge on any atom is 0.285 e. The summed E-state index contributed by atoms with van der Waals surface area (Å²) < 4.78 is 15.5. The van der Waals surface area contributed by atoms with E-state index in [2.05, 4.69) is 0 Å². The van der Waals surface area contributed by atoms with Crippen molar-refractivity contribution in [2.24, 2.45) is 5.14 Å². The summed E-state index contributed by atoms with van der Waals surface area (Å²) in [5, 5.41) is 7.17. The predicted molar refractivity (Wildman–Crippen MR) is 56.9 cm³/mol. The van der Waals surface area contributed by atoms with Crippen molar-refractivity contribution < 1.29 is 8.39 Å². The van der Waals surface area contributed by atoms with Crippen LogP contribution in [0.25, 0.3) is 10.8 Å². The zero-order valence-electron chi connectivity index (χ0n) is 7.34.